The molecule has 0 radical (unpaired) electrons. The molecule has 0 aliphatic carbocycles. The first kappa shape index (κ1) is 15.5. The van der Waals surface area contributed by atoms with Gasteiger partial charge in [-0.2, -0.15) is 5.26 Å². The summed E-state index contributed by atoms with van der Waals surface area (Å²) in [5.74, 6) is -0.311. The van der Waals surface area contributed by atoms with Crippen LogP contribution in [0.15, 0.2) is 11.8 Å². The van der Waals surface area contributed by atoms with Crippen molar-refractivity contribution in [3.8, 4) is 6.07 Å². The van der Waals surface area contributed by atoms with Crippen molar-refractivity contribution in [2.75, 3.05) is 33.7 Å². The molecule has 5 nitrogen and oxygen atoms in total. The Morgan fingerprint density at radius 3 is 2.65 bits per heavy atom. The molecule has 0 aliphatic rings. The molecule has 2 N–H and O–H groups in total. The second-order valence-corrected chi connectivity index (χ2v) is 4.04. The van der Waals surface area contributed by atoms with Crippen molar-refractivity contribution in [2.24, 2.45) is 0 Å². The van der Waals surface area contributed by atoms with Crippen LogP contribution in [0.3, 0.4) is 0 Å². The molecule has 0 heterocycles. The lowest BCUT2D eigenvalue weighted by Gasteiger charge is -2.08. The zero-order chi connectivity index (χ0) is 13.1. The molecule has 0 unspecified atom stereocenters. The lowest BCUT2D eigenvalue weighted by atomic mass is 10.3. The number of nitriles is 1. The average Bonchev–Trinajstić information content (AvgIpc) is 2.30. The predicted octanol–water partition coefficient (Wildman–Crippen LogP) is 0.461. The molecule has 0 fully saturated rings. The Bertz CT molecular complexity index is 291. The minimum Gasteiger partial charge on any atom is -0.390 e. The molecule has 0 aromatic heterocycles. The van der Waals surface area contributed by atoms with E-state index in [1.54, 1.807) is 0 Å². The van der Waals surface area contributed by atoms with Gasteiger partial charge in [0.1, 0.15) is 11.6 Å². The number of carbonyl (C=O) groups is 1. The molecular formula is C12H22N4O. The summed E-state index contributed by atoms with van der Waals surface area (Å²) >= 11 is 0. The van der Waals surface area contributed by atoms with E-state index in [4.69, 9.17) is 5.26 Å². The van der Waals surface area contributed by atoms with Crippen molar-refractivity contribution >= 4 is 5.91 Å². The first-order chi connectivity index (χ1) is 8.11. The highest BCUT2D eigenvalue weighted by Crippen LogP contribution is 1.91. The molecule has 96 valence electrons. The van der Waals surface area contributed by atoms with E-state index < -0.39 is 0 Å². The summed E-state index contributed by atoms with van der Waals surface area (Å²) in [7, 11) is 4.02. The predicted molar refractivity (Wildman–Crippen MR) is 68.2 cm³/mol. The smallest absolute Gasteiger partial charge is 0.263 e. The normalized spacial score (nSPS) is 11.1. The van der Waals surface area contributed by atoms with Gasteiger partial charge in [0.25, 0.3) is 5.91 Å². The first-order valence-electron chi connectivity index (χ1n) is 5.88. The van der Waals surface area contributed by atoms with E-state index in [-0.39, 0.29) is 11.5 Å². The first-order valence-corrected chi connectivity index (χ1v) is 5.88. The van der Waals surface area contributed by atoms with Gasteiger partial charge in [0.15, 0.2) is 0 Å². The molecule has 0 aliphatic heterocycles. The van der Waals surface area contributed by atoms with Crippen molar-refractivity contribution in [1.82, 2.24) is 15.5 Å². The maximum atomic E-state index is 11.5. The lowest BCUT2D eigenvalue weighted by molar-refractivity contribution is -0.117. The van der Waals surface area contributed by atoms with E-state index in [0.29, 0.717) is 6.54 Å². The highest BCUT2D eigenvalue weighted by molar-refractivity contribution is 5.97. The number of nitrogens with zero attached hydrogens (tertiary/aromatic N) is 2. The molecule has 0 saturated heterocycles. The van der Waals surface area contributed by atoms with Crippen LogP contribution in [0.2, 0.25) is 0 Å². The van der Waals surface area contributed by atoms with Crippen LogP contribution in [-0.4, -0.2) is 44.5 Å². The SMILES string of the molecule is CCCNC(=O)/C(C#N)=C\NCCCN(C)C. The van der Waals surface area contributed by atoms with Crippen LogP contribution < -0.4 is 10.6 Å². The monoisotopic (exact) mass is 238 g/mol. The summed E-state index contributed by atoms with van der Waals surface area (Å²) in [6, 6.07) is 1.89. The van der Waals surface area contributed by atoms with Gasteiger partial charge in [-0.3, -0.25) is 4.79 Å². The molecule has 0 aromatic rings. The minimum atomic E-state index is -0.311. The van der Waals surface area contributed by atoms with Gasteiger partial charge in [-0.1, -0.05) is 6.92 Å². The molecular weight excluding hydrogens is 216 g/mol. The number of hydrogen-bond acceptors (Lipinski definition) is 4. The van der Waals surface area contributed by atoms with Gasteiger partial charge in [0, 0.05) is 19.3 Å². The van der Waals surface area contributed by atoms with E-state index in [0.717, 1.165) is 25.9 Å². The highest BCUT2D eigenvalue weighted by Gasteiger charge is 2.06. The topological polar surface area (TPSA) is 68.2 Å². The van der Waals surface area contributed by atoms with E-state index >= 15 is 0 Å². The molecule has 17 heavy (non-hydrogen) atoms. The van der Waals surface area contributed by atoms with Crippen LogP contribution >= 0.6 is 0 Å². The van der Waals surface area contributed by atoms with Gasteiger partial charge in [0.05, 0.1) is 0 Å². The average molecular weight is 238 g/mol. The van der Waals surface area contributed by atoms with Crippen molar-refractivity contribution < 1.29 is 4.79 Å². The summed E-state index contributed by atoms with van der Waals surface area (Å²) < 4.78 is 0. The van der Waals surface area contributed by atoms with Crippen LogP contribution in [0.1, 0.15) is 19.8 Å². The summed E-state index contributed by atoms with van der Waals surface area (Å²) in [4.78, 5) is 13.5. The molecule has 0 bridgehead atoms. The van der Waals surface area contributed by atoms with Crippen molar-refractivity contribution in [3.63, 3.8) is 0 Å². The number of rotatable bonds is 8. The third-order valence-electron chi connectivity index (χ3n) is 2.07. The standard InChI is InChI=1S/C12H22N4O/c1-4-6-15-12(17)11(9-13)10-14-7-5-8-16(2)3/h10,14H,4-8H2,1-3H3,(H,15,17)/b11-10-. The van der Waals surface area contributed by atoms with E-state index in [1.165, 1.54) is 6.20 Å². The summed E-state index contributed by atoms with van der Waals surface area (Å²) in [6.45, 7) is 4.29. The Morgan fingerprint density at radius 2 is 2.12 bits per heavy atom. The van der Waals surface area contributed by atoms with Crippen LogP contribution in [-0.2, 0) is 4.79 Å². The van der Waals surface area contributed by atoms with E-state index in [1.807, 2.05) is 27.1 Å². The van der Waals surface area contributed by atoms with E-state index in [9.17, 15) is 4.79 Å². The van der Waals surface area contributed by atoms with Gasteiger partial charge in [0.2, 0.25) is 0 Å². The Kier molecular flexibility index (Phi) is 8.79. The van der Waals surface area contributed by atoms with Crippen LogP contribution in [0.25, 0.3) is 0 Å². The van der Waals surface area contributed by atoms with Crippen LogP contribution in [0, 0.1) is 11.3 Å². The number of nitrogens with one attached hydrogen (secondary N) is 2. The second-order valence-electron chi connectivity index (χ2n) is 4.04. The summed E-state index contributed by atoms with van der Waals surface area (Å²) in [6.07, 6.45) is 3.32. The summed E-state index contributed by atoms with van der Waals surface area (Å²) in [5.41, 5.74) is 0.128. The Balaban J connectivity index is 3.93. The lowest BCUT2D eigenvalue weighted by Crippen LogP contribution is -2.26. The van der Waals surface area contributed by atoms with Gasteiger partial charge >= 0.3 is 0 Å². The molecule has 5 heteroatoms. The Morgan fingerprint density at radius 1 is 1.41 bits per heavy atom. The molecule has 0 aromatic carbocycles. The fourth-order valence-corrected chi connectivity index (χ4v) is 1.15. The van der Waals surface area contributed by atoms with E-state index in [2.05, 4.69) is 15.5 Å². The minimum absolute atomic E-state index is 0.128. The Hall–Kier alpha value is -1.54. The van der Waals surface area contributed by atoms with Gasteiger partial charge in [-0.15, -0.1) is 0 Å². The number of hydrogen-bond donors (Lipinski definition) is 2. The second kappa shape index (κ2) is 9.67. The molecule has 1 amide bonds. The largest absolute Gasteiger partial charge is 0.390 e. The highest BCUT2D eigenvalue weighted by atomic mass is 16.1. The Labute approximate surface area is 103 Å². The fraction of sp³-hybridized carbons (Fsp3) is 0.667. The third kappa shape index (κ3) is 8.29. The van der Waals surface area contributed by atoms with Gasteiger partial charge in [-0.25, -0.2) is 0 Å². The zero-order valence-corrected chi connectivity index (χ0v) is 10.9. The maximum absolute atomic E-state index is 11.5. The van der Waals surface area contributed by atoms with Gasteiger partial charge < -0.3 is 15.5 Å². The van der Waals surface area contributed by atoms with Gasteiger partial charge in [-0.05, 0) is 33.5 Å². The zero-order valence-electron chi connectivity index (χ0n) is 10.9. The quantitative estimate of drug-likeness (QED) is 0.366. The van der Waals surface area contributed by atoms with Crippen molar-refractivity contribution in [3.05, 3.63) is 11.8 Å². The third-order valence-corrected chi connectivity index (χ3v) is 2.07. The van der Waals surface area contributed by atoms with Crippen molar-refractivity contribution in [2.45, 2.75) is 19.8 Å². The van der Waals surface area contributed by atoms with Crippen LogP contribution in [0.4, 0.5) is 0 Å². The maximum Gasteiger partial charge on any atom is 0.263 e. The number of carbonyl (C=O) groups excluding carboxylic acids is 1. The molecule has 0 saturated carbocycles. The molecule has 0 rings (SSSR count). The molecule has 0 atom stereocenters. The fourth-order valence-electron chi connectivity index (χ4n) is 1.15. The van der Waals surface area contributed by atoms with Crippen LogP contribution in [0.5, 0.6) is 0 Å². The molecule has 0 spiro atoms. The number of amides is 1. The van der Waals surface area contributed by atoms with Crippen molar-refractivity contribution in [1.29, 1.82) is 5.26 Å². The summed E-state index contributed by atoms with van der Waals surface area (Å²) in [5, 5.41) is 14.5.